The van der Waals surface area contributed by atoms with Gasteiger partial charge in [-0.15, -0.1) is 0 Å². The number of hydrogen-bond acceptors (Lipinski definition) is 4. The average Bonchev–Trinajstić information content (AvgIpc) is 2.11. The molecule has 1 heterocycles. The highest BCUT2D eigenvalue weighted by Crippen LogP contribution is 2.24. The molecular formula is C13H24N2O4. The number of hydrogen-bond donors (Lipinski definition) is 2. The number of carbonyl (C=O) groups excluding carboxylic acids is 1. The molecule has 1 saturated heterocycles. The van der Waals surface area contributed by atoms with Crippen molar-refractivity contribution in [3.8, 4) is 0 Å². The van der Waals surface area contributed by atoms with Gasteiger partial charge in [0.15, 0.2) is 0 Å². The molecule has 110 valence electrons. The maximum Gasteiger partial charge on any atom is 0.408 e. The molecule has 0 aromatic carbocycles. The summed E-state index contributed by atoms with van der Waals surface area (Å²) < 4.78 is 5.22. The van der Waals surface area contributed by atoms with E-state index in [2.05, 4.69) is 5.32 Å². The smallest absolute Gasteiger partial charge is 0.408 e. The van der Waals surface area contributed by atoms with Gasteiger partial charge in [0.25, 0.3) is 0 Å². The van der Waals surface area contributed by atoms with Crippen molar-refractivity contribution >= 4 is 12.1 Å². The Morgan fingerprint density at radius 2 is 2.05 bits per heavy atom. The summed E-state index contributed by atoms with van der Waals surface area (Å²) in [4.78, 5) is 24.9. The number of nitrogens with zero attached hydrogens (tertiary/aromatic N) is 1. The Morgan fingerprint density at radius 1 is 1.42 bits per heavy atom. The largest absolute Gasteiger partial charge is 0.481 e. The topological polar surface area (TPSA) is 78.9 Å². The van der Waals surface area contributed by atoms with E-state index >= 15 is 0 Å². The van der Waals surface area contributed by atoms with Crippen molar-refractivity contribution in [2.24, 2.45) is 0 Å². The Kier molecular flexibility index (Phi) is 4.79. The molecule has 0 aromatic heterocycles. The first-order chi connectivity index (χ1) is 8.62. The van der Waals surface area contributed by atoms with E-state index < -0.39 is 23.2 Å². The summed E-state index contributed by atoms with van der Waals surface area (Å²) in [7, 11) is 1.92. The monoisotopic (exact) mass is 272 g/mol. The number of alkyl carbamates (subject to hydrolysis) is 1. The molecule has 1 aliphatic rings. The standard InChI is InChI=1S/C13H24N2O4/c1-12(2,3)19-11(18)14-13(8-10(16)17)6-5-7-15(4)9-13/h5-9H2,1-4H3,(H,14,18)(H,16,17). The van der Waals surface area contributed by atoms with Crippen LogP contribution in [0.25, 0.3) is 0 Å². The summed E-state index contributed by atoms with van der Waals surface area (Å²) >= 11 is 0. The van der Waals surface area contributed by atoms with E-state index in [-0.39, 0.29) is 6.42 Å². The molecule has 6 heteroatoms. The lowest BCUT2D eigenvalue weighted by Crippen LogP contribution is -2.59. The van der Waals surface area contributed by atoms with Crippen LogP contribution in [0.5, 0.6) is 0 Å². The van der Waals surface area contributed by atoms with Crippen molar-refractivity contribution in [3.63, 3.8) is 0 Å². The first-order valence-corrected chi connectivity index (χ1v) is 6.53. The Balaban J connectivity index is 2.74. The summed E-state index contributed by atoms with van der Waals surface area (Å²) in [6.45, 7) is 6.78. The molecule has 1 aliphatic heterocycles. The van der Waals surface area contributed by atoms with E-state index in [0.717, 1.165) is 13.0 Å². The first kappa shape index (κ1) is 15.8. The normalized spacial score (nSPS) is 24.8. The van der Waals surface area contributed by atoms with E-state index in [1.54, 1.807) is 20.8 Å². The van der Waals surface area contributed by atoms with Crippen molar-refractivity contribution in [2.75, 3.05) is 20.1 Å². The number of rotatable bonds is 3. The van der Waals surface area contributed by atoms with Crippen LogP contribution in [0, 0.1) is 0 Å². The van der Waals surface area contributed by atoms with Gasteiger partial charge in [0.2, 0.25) is 0 Å². The lowest BCUT2D eigenvalue weighted by molar-refractivity contribution is -0.139. The van der Waals surface area contributed by atoms with Crippen molar-refractivity contribution in [1.29, 1.82) is 0 Å². The molecule has 1 unspecified atom stereocenters. The molecule has 6 nitrogen and oxygen atoms in total. The van der Waals surface area contributed by atoms with Crippen LogP contribution < -0.4 is 5.32 Å². The molecule has 1 fully saturated rings. The van der Waals surface area contributed by atoms with Crippen LogP contribution in [0.3, 0.4) is 0 Å². The lowest BCUT2D eigenvalue weighted by atomic mass is 9.86. The maximum atomic E-state index is 11.9. The molecule has 0 radical (unpaired) electrons. The minimum absolute atomic E-state index is 0.0867. The average molecular weight is 272 g/mol. The molecule has 0 aliphatic carbocycles. The summed E-state index contributed by atoms with van der Waals surface area (Å²) in [6.07, 6.45) is 0.878. The number of likely N-dealkylation sites (tertiary alicyclic amines) is 1. The van der Waals surface area contributed by atoms with Crippen LogP contribution in [-0.2, 0) is 9.53 Å². The Morgan fingerprint density at radius 3 is 2.53 bits per heavy atom. The number of piperidine rings is 1. The molecule has 0 bridgehead atoms. The van der Waals surface area contributed by atoms with Crippen LogP contribution in [0.15, 0.2) is 0 Å². The summed E-state index contributed by atoms with van der Waals surface area (Å²) in [5.74, 6) is -0.911. The fraction of sp³-hybridized carbons (Fsp3) is 0.846. The predicted molar refractivity (Wildman–Crippen MR) is 71.1 cm³/mol. The molecule has 0 aromatic rings. The summed E-state index contributed by atoms with van der Waals surface area (Å²) in [5, 5.41) is 11.8. The number of carboxylic acids is 1. The molecule has 0 saturated carbocycles. The zero-order valence-electron chi connectivity index (χ0n) is 12.2. The molecule has 1 atom stereocenters. The zero-order valence-corrected chi connectivity index (χ0v) is 12.2. The van der Waals surface area contributed by atoms with Gasteiger partial charge in [-0.1, -0.05) is 0 Å². The molecule has 2 N–H and O–H groups in total. The maximum absolute atomic E-state index is 11.9. The van der Waals surface area contributed by atoms with Crippen molar-refractivity contribution in [1.82, 2.24) is 10.2 Å². The highest BCUT2D eigenvalue weighted by Gasteiger charge is 2.39. The highest BCUT2D eigenvalue weighted by atomic mass is 16.6. The number of amides is 1. The number of ether oxygens (including phenoxy) is 1. The van der Waals surface area contributed by atoms with Crippen molar-refractivity contribution in [3.05, 3.63) is 0 Å². The number of carbonyl (C=O) groups is 2. The third-order valence-electron chi connectivity index (χ3n) is 3.02. The van der Waals surface area contributed by atoms with E-state index in [0.29, 0.717) is 13.0 Å². The van der Waals surface area contributed by atoms with Crippen molar-refractivity contribution < 1.29 is 19.4 Å². The second-order valence-corrected chi connectivity index (χ2v) is 6.32. The second kappa shape index (κ2) is 5.77. The van der Waals surface area contributed by atoms with E-state index in [1.165, 1.54) is 0 Å². The summed E-state index contributed by atoms with van der Waals surface area (Å²) in [5.41, 5.74) is -1.32. The first-order valence-electron chi connectivity index (χ1n) is 6.53. The Labute approximate surface area is 114 Å². The van der Waals surface area contributed by atoms with Gasteiger partial charge < -0.3 is 20.1 Å². The quantitative estimate of drug-likeness (QED) is 0.813. The SMILES string of the molecule is CN1CCCC(CC(=O)O)(NC(=O)OC(C)(C)C)C1. The fourth-order valence-corrected chi connectivity index (χ4v) is 2.46. The third-order valence-corrected chi connectivity index (χ3v) is 3.02. The highest BCUT2D eigenvalue weighted by molar-refractivity contribution is 5.73. The Bertz CT molecular complexity index is 351. The number of carboxylic acid groups (broad SMARTS) is 1. The van der Waals surface area contributed by atoms with Crippen molar-refractivity contribution in [2.45, 2.75) is 51.2 Å². The number of aliphatic carboxylic acids is 1. The van der Waals surface area contributed by atoms with Gasteiger partial charge in [-0.2, -0.15) is 0 Å². The second-order valence-electron chi connectivity index (χ2n) is 6.32. The van der Waals surface area contributed by atoms with E-state index in [1.807, 2.05) is 11.9 Å². The minimum Gasteiger partial charge on any atom is -0.481 e. The van der Waals surface area contributed by atoms with Crippen LogP contribution in [0.2, 0.25) is 0 Å². The molecule has 0 spiro atoms. The molecule has 19 heavy (non-hydrogen) atoms. The third kappa shape index (κ3) is 5.46. The Hall–Kier alpha value is -1.30. The van der Waals surface area contributed by atoms with E-state index in [9.17, 15) is 9.59 Å². The number of nitrogens with one attached hydrogen (secondary N) is 1. The summed E-state index contributed by atoms with van der Waals surface area (Å²) in [6, 6.07) is 0. The van der Waals surface area contributed by atoms with Gasteiger partial charge in [-0.3, -0.25) is 4.79 Å². The van der Waals surface area contributed by atoms with Gasteiger partial charge in [0, 0.05) is 6.54 Å². The minimum atomic E-state index is -0.911. The zero-order chi connectivity index (χ0) is 14.7. The van der Waals surface area contributed by atoms with Crippen LogP contribution in [0.4, 0.5) is 4.79 Å². The van der Waals surface area contributed by atoms with Gasteiger partial charge in [-0.05, 0) is 47.2 Å². The number of likely N-dealkylation sites (N-methyl/N-ethyl adjacent to an activating group) is 1. The van der Waals surface area contributed by atoms with E-state index in [4.69, 9.17) is 9.84 Å². The van der Waals surface area contributed by atoms with Gasteiger partial charge >= 0.3 is 12.1 Å². The van der Waals surface area contributed by atoms with Crippen LogP contribution in [0.1, 0.15) is 40.0 Å². The molecular weight excluding hydrogens is 248 g/mol. The van der Waals surface area contributed by atoms with Gasteiger partial charge in [0.05, 0.1) is 12.0 Å². The predicted octanol–water partition coefficient (Wildman–Crippen LogP) is 1.45. The molecule has 1 amide bonds. The fourth-order valence-electron chi connectivity index (χ4n) is 2.46. The van der Waals surface area contributed by atoms with Gasteiger partial charge in [-0.25, -0.2) is 4.79 Å². The van der Waals surface area contributed by atoms with Crippen LogP contribution in [-0.4, -0.2) is 53.3 Å². The molecule has 1 rings (SSSR count). The van der Waals surface area contributed by atoms with Crippen LogP contribution >= 0.6 is 0 Å². The van der Waals surface area contributed by atoms with Gasteiger partial charge in [0.1, 0.15) is 5.60 Å². The lowest BCUT2D eigenvalue weighted by Gasteiger charge is -2.41.